The molecule has 9 heteroatoms. The standard InChI is InChI=1S/C14H17BrN4O.C10H23N.CO2/c1-9-4-3-5-11(6-9)18-14-16-7-12(15)13(19-14)17-10(2)8-20;1-3-4-5-6-7-8-9-10-11-2;2-1-3/h3-7,10,20H,8H2,1-2H3,(H2,16,17,18,19);11H,3-10H2,1-2H3;. The smallest absolute Gasteiger partial charge is 0.373 e. The number of nitrogens with one attached hydrogen (secondary N) is 3. The fourth-order valence-corrected chi connectivity index (χ4v) is 3.22. The van der Waals surface area contributed by atoms with Crippen LogP contribution in [-0.2, 0) is 9.59 Å². The van der Waals surface area contributed by atoms with Gasteiger partial charge in [-0.2, -0.15) is 14.6 Å². The summed E-state index contributed by atoms with van der Waals surface area (Å²) in [5, 5.41) is 18.5. The monoisotopic (exact) mass is 537 g/mol. The molecule has 0 bridgehead atoms. The summed E-state index contributed by atoms with van der Waals surface area (Å²) in [4.78, 5) is 24.9. The number of aromatic nitrogens is 2. The van der Waals surface area contributed by atoms with E-state index in [2.05, 4.69) is 48.8 Å². The highest BCUT2D eigenvalue weighted by molar-refractivity contribution is 9.10. The van der Waals surface area contributed by atoms with E-state index < -0.39 is 0 Å². The molecule has 1 heterocycles. The van der Waals surface area contributed by atoms with Crippen LogP contribution in [0.15, 0.2) is 34.9 Å². The maximum Gasteiger partial charge on any atom is 0.373 e. The molecule has 4 N–H and O–H groups in total. The van der Waals surface area contributed by atoms with Gasteiger partial charge < -0.3 is 21.1 Å². The first-order chi connectivity index (χ1) is 16.4. The number of nitrogens with zero attached hydrogens (tertiary/aromatic N) is 2. The van der Waals surface area contributed by atoms with Gasteiger partial charge in [0.1, 0.15) is 5.82 Å². The molecule has 190 valence electrons. The Morgan fingerprint density at radius 2 is 1.76 bits per heavy atom. The number of halogens is 1. The van der Waals surface area contributed by atoms with Gasteiger partial charge in [0.25, 0.3) is 0 Å². The van der Waals surface area contributed by atoms with Crippen LogP contribution in [0.25, 0.3) is 0 Å². The second kappa shape index (κ2) is 21.2. The number of hydrogen-bond acceptors (Lipinski definition) is 8. The molecule has 0 amide bonds. The number of carbonyl (C=O) groups excluding carboxylic acids is 2. The quantitative estimate of drug-likeness (QED) is 0.249. The fraction of sp³-hybridized carbons (Fsp3) is 0.560. The van der Waals surface area contributed by atoms with E-state index in [9.17, 15) is 0 Å². The molecule has 8 nitrogen and oxygen atoms in total. The van der Waals surface area contributed by atoms with Crippen molar-refractivity contribution < 1.29 is 14.7 Å². The number of benzene rings is 1. The number of unbranched alkanes of at least 4 members (excludes halogenated alkanes) is 6. The molecule has 34 heavy (non-hydrogen) atoms. The number of hydrogen-bond donors (Lipinski definition) is 4. The van der Waals surface area contributed by atoms with E-state index in [4.69, 9.17) is 14.7 Å². The third-order valence-corrected chi connectivity index (χ3v) is 5.29. The van der Waals surface area contributed by atoms with Gasteiger partial charge >= 0.3 is 6.15 Å². The predicted octanol–water partition coefficient (Wildman–Crippen LogP) is 5.46. The summed E-state index contributed by atoms with van der Waals surface area (Å²) < 4.78 is 0.757. The lowest BCUT2D eigenvalue weighted by Gasteiger charge is -2.14. The van der Waals surface area contributed by atoms with Crippen molar-refractivity contribution in [2.24, 2.45) is 0 Å². The van der Waals surface area contributed by atoms with Gasteiger partial charge in [-0.15, -0.1) is 0 Å². The fourth-order valence-electron chi connectivity index (χ4n) is 2.92. The first kappa shape index (κ1) is 31.7. The minimum atomic E-state index is -0.0759. The van der Waals surface area contributed by atoms with Crippen LogP contribution in [0.2, 0.25) is 0 Å². The number of aryl methyl sites for hydroxylation is 1. The Hall–Kier alpha value is -2.32. The Morgan fingerprint density at radius 1 is 1.12 bits per heavy atom. The van der Waals surface area contributed by atoms with Gasteiger partial charge in [-0.25, -0.2) is 4.98 Å². The molecular formula is C25H40BrN5O3. The maximum atomic E-state index is 9.09. The third kappa shape index (κ3) is 16.3. The van der Waals surface area contributed by atoms with E-state index in [-0.39, 0.29) is 18.8 Å². The van der Waals surface area contributed by atoms with Crippen molar-refractivity contribution in [2.45, 2.75) is 71.8 Å². The number of rotatable bonds is 13. The lowest BCUT2D eigenvalue weighted by molar-refractivity contribution is -0.191. The Labute approximate surface area is 212 Å². The minimum Gasteiger partial charge on any atom is -0.394 e. The molecule has 0 fully saturated rings. The largest absolute Gasteiger partial charge is 0.394 e. The highest BCUT2D eigenvalue weighted by Crippen LogP contribution is 2.22. The van der Waals surface area contributed by atoms with Crippen LogP contribution >= 0.6 is 15.9 Å². The molecule has 2 rings (SSSR count). The summed E-state index contributed by atoms with van der Waals surface area (Å²) in [5.74, 6) is 1.16. The van der Waals surface area contributed by atoms with E-state index in [0.717, 1.165) is 10.2 Å². The van der Waals surface area contributed by atoms with Crippen molar-refractivity contribution in [1.82, 2.24) is 15.3 Å². The summed E-state index contributed by atoms with van der Waals surface area (Å²) in [6, 6.07) is 7.91. The topological polar surface area (TPSA) is 116 Å². The van der Waals surface area contributed by atoms with Gasteiger partial charge in [-0.3, -0.25) is 0 Å². The Balaban J connectivity index is 0.000000660. The molecule has 1 aromatic carbocycles. The van der Waals surface area contributed by atoms with Crippen LogP contribution in [0.1, 0.15) is 64.4 Å². The molecule has 0 radical (unpaired) electrons. The zero-order valence-corrected chi connectivity index (χ0v) is 22.5. The predicted molar refractivity (Wildman–Crippen MR) is 141 cm³/mol. The molecule has 0 aliphatic heterocycles. The molecule has 0 aliphatic carbocycles. The van der Waals surface area contributed by atoms with Crippen molar-refractivity contribution in [3.63, 3.8) is 0 Å². The van der Waals surface area contributed by atoms with Crippen LogP contribution in [-0.4, -0.2) is 47.5 Å². The average molecular weight is 539 g/mol. The van der Waals surface area contributed by atoms with Crippen LogP contribution in [0, 0.1) is 6.92 Å². The van der Waals surface area contributed by atoms with Crippen LogP contribution < -0.4 is 16.0 Å². The summed E-state index contributed by atoms with van der Waals surface area (Å²) >= 11 is 3.39. The van der Waals surface area contributed by atoms with Gasteiger partial charge in [0.05, 0.1) is 11.1 Å². The number of anilines is 3. The molecule has 0 saturated heterocycles. The summed E-state index contributed by atoms with van der Waals surface area (Å²) in [7, 11) is 2.02. The van der Waals surface area contributed by atoms with E-state index in [1.807, 2.05) is 45.2 Å². The van der Waals surface area contributed by atoms with Crippen molar-refractivity contribution in [2.75, 3.05) is 30.8 Å². The molecule has 0 saturated carbocycles. The SMILES string of the molecule is CCCCCCCCCNC.Cc1cccc(Nc2ncc(Br)c(NC(C)CO)n2)c1.O=C=O. The lowest BCUT2D eigenvalue weighted by Crippen LogP contribution is -2.20. The van der Waals surface area contributed by atoms with Gasteiger partial charge in [0.15, 0.2) is 0 Å². The zero-order valence-electron chi connectivity index (χ0n) is 20.9. The molecule has 1 unspecified atom stereocenters. The highest BCUT2D eigenvalue weighted by Gasteiger charge is 2.08. The normalized spacial score (nSPS) is 10.6. The van der Waals surface area contributed by atoms with E-state index in [1.54, 1.807) is 6.20 Å². The minimum absolute atomic E-state index is 0.0388. The molecule has 2 aromatic rings. The third-order valence-electron chi connectivity index (χ3n) is 4.71. The zero-order chi connectivity index (χ0) is 25.6. The molecule has 1 atom stereocenters. The van der Waals surface area contributed by atoms with Crippen LogP contribution in [0.3, 0.4) is 0 Å². The van der Waals surface area contributed by atoms with E-state index >= 15 is 0 Å². The van der Waals surface area contributed by atoms with Crippen molar-refractivity contribution >= 4 is 39.5 Å². The number of aliphatic hydroxyl groups excluding tert-OH is 1. The molecule has 1 aromatic heterocycles. The molecular weight excluding hydrogens is 498 g/mol. The second-order valence-electron chi connectivity index (χ2n) is 7.92. The first-order valence-corrected chi connectivity index (χ1v) is 12.6. The van der Waals surface area contributed by atoms with E-state index in [0.29, 0.717) is 11.8 Å². The Kier molecular flexibility index (Phi) is 19.8. The van der Waals surface area contributed by atoms with Crippen molar-refractivity contribution in [1.29, 1.82) is 0 Å². The van der Waals surface area contributed by atoms with Gasteiger partial charge in [0.2, 0.25) is 5.95 Å². The second-order valence-corrected chi connectivity index (χ2v) is 8.78. The lowest BCUT2D eigenvalue weighted by atomic mass is 10.1. The summed E-state index contributed by atoms with van der Waals surface area (Å²) in [6.07, 6.45) is 11.8. The Bertz CT molecular complexity index is 809. The summed E-state index contributed by atoms with van der Waals surface area (Å²) in [6.45, 7) is 7.40. The van der Waals surface area contributed by atoms with Crippen LogP contribution in [0.4, 0.5) is 17.5 Å². The highest BCUT2D eigenvalue weighted by atomic mass is 79.9. The van der Waals surface area contributed by atoms with Gasteiger partial charge in [0, 0.05) is 17.9 Å². The van der Waals surface area contributed by atoms with Gasteiger partial charge in [-0.1, -0.05) is 57.6 Å². The van der Waals surface area contributed by atoms with Crippen molar-refractivity contribution in [3.8, 4) is 0 Å². The molecule has 0 aliphatic rings. The first-order valence-electron chi connectivity index (χ1n) is 11.8. The average Bonchev–Trinajstić information content (AvgIpc) is 2.81. The van der Waals surface area contributed by atoms with Crippen molar-refractivity contribution in [3.05, 3.63) is 40.5 Å². The van der Waals surface area contributed by atoms with Crippen LogP contribution in [0.5, 0.6) is 0 Å². The number of aliphatic hydroxyl groups is 1. The Morgan fingerprint density at radius 3 is 2.35 bits per heavy atom. The summed E-state index contributed by atoms with van der Waals surface area (Å²) in [5.41, 5.74) is 2.10. The molecule has 0 spiro atoms. The van der Waals surface area contributed by atoms with Gasteiger partial charge in [-0.05, 0) is 67.5 Å². The maximum absolute atomic E-state index is 9.09. The van der Waals surface area contributed by atoms with E-state index in [1.165, 1.54) is 57.1 Å².